The van der Waals surface area contributed by atoms with Gasteiger partial charge in [0.25, 0.3) is 0 Å². The Balaban J connectivity index is 1.52. The lowest BCUT2D eigenvalue weighted by molar-refractivity contribution is -0.134. The Morgan fingerprint density at radius 3 is 2.48 bits per heavy atom. The zero-order valence-corrected chi connectivity index (χ0v) is 15.4. The van der Waals surface area contributed by atoms with Crippen molar-refractivity contribution in [3.63, 3.8) is 0 Å². The summed E-state index contributed by atoms with van der Waals surface area (Å²) < 4.78 is 10.4. The molecule has 2 amide bonds. The van der Waals surface area contributed by atoms with Gasteiger partial charge in [0.05, 0.1) is 33.2 Å². The maximum absolute atomic E-state index is 12.3. The lowest BCUT2D eigenvalue weighted by atomic mass is 10.1. The van der Waals surface area contributed by atoms with Crippen LogP contribution in [-0.4, -0.2) is 50.1 Å². The van der Waals surface area contributed by atoms with E-state index in [-0.39, 0.29) is 18.2 Å². The van der Waals surface area contributed by atoms with Crippen LogP contribution < -0.4 is 10.1 Å². The predicted molar refractivity (Wildman–Crippen MR) is 103 cm³/mol. The van der Waals surface area contributed by atoms with Gasteiger partial charge in [-0.05, 0) is 35.4 Å². The number of carbonyl (C=O) groups is 2. The van der Waals surface area contributed by atoms with Crippen LogP contribution in [0.3, 0.4) is 0 Å². The minimum Gasteiger partial charge on any atom is -0.497 e. The number of nitrogens with zero attached hydrogens (tertiary/aromatic N) is 1. The maximum atomic E-state index is 12.3. The van der Waals surface area contributed by atoms with Crippen molar-refractivity contribution >= 4 is 17.5 Å². The molecule has 6 nitrogen and oxygen atoms in total. The summed E-state index contributed by atoms with van der Waals surface area (Å²) in [5.74, 6) is 0.739. The molecule has 0 unspecified atom stereocenters. The van der Waals surface area contributed by atoms with Crippen molar-refractivity contribution in [1.82, 2.24) is 4.90 Å². The number of nitrogens with one attached hydrogen (secondary N) is 1. The Kier molecular flexibility index (Phi) is 6.44. The quantitative estimate of drug-likeness (QED) is 0.849. The third-order valence-corrected chi connectivity index (χ3v) is 4.46. The van der Waals surface area contributed by atoms with Gasteiger partial charge in [-0.1, -0.05) is 24.3 Å². The summed E-state index contributed by atoms with van der Waals surface area (Å²) in [5.41, 5.74) is 2.53. The monoisotopic (exact) mass is 368 g/mol. The second kappa shape index (κ2) is 9.19. The topological polar surface area (TPSA) is 67.9 Å². The highest BCUT2D eigenvalue weighted by molar-refractivity contribution is 5.92. The number of carbonyl (C=O) groups excluding carboxylic acids is 2. The van der Waals surface area contributed by atoms with Crippen LogP contribution in [0, 0.1) is 0 Å². The van der Waals surface area contributed by atoms with Crippen LogP contribution in [0.25, 0.3) is 0 Å². The molecule has 6 heteroatoms. The summed E-state index contributed by atoms with van der Waals surface area (Å²) >= 11 is 0. The predicted octanol–water partition coefficient (Wildman–Crippen LogP) is 2.28. The first-order valence-corrected chi connectivity index (χ1v) is 9.01. The first-order chi connectivity index (χ1) is 13.1. The number of anilines is 1. The number of ether oxygens (including phenoxy) is 2. The van der Waals surface area contributed by atoms with E-state index in [0.717, 1.165) is 16.9 Å². The molecule has 1 aliphatic heterocycles. The molecule has 0 atom stereocenters. The van der Waals surface area contributed by atoms with E-state index in [1.807, 2.05) is 53.4 Å². The number of rotatable bonds is 6. The van der Waals surface area contributed by atoms with Crippen LogP contribution >= 0.6 is 0 Å². The average Bonchev–Trinajstić information content (AvgIpc) is 2.70. The first-order valence-electron chi connectivity index (χ1n) is 9.01. The molecule has 0 bridgehead atoms. The molecule has 0 aromatic heterocycles. The Bertz CT molecular complexity index is 783. The second-order valence-electron chi connectivity index (χ2n) is 6.44. The van der Waals surface area contributed by atoms with Gasteiger partial charge in [0.15, 0.2) is 0 Å². The molecule has 1 heterocycles. The Morgan fingerprint density at radius 2 is 1.78 bits per heavy atom. The summed E-state index contributed by atoms with van der Waals surface area (Å²) in [6.07, 6.45) is 0.631. The van der Waals surface area contributed by atoms with Gasteiger partial charge in [0, 0.05) is 18.8 Å². The molecule has 1 aliphatic rings. The van der Waals surface area contributed by atoms with Crippen LogP contribution in [0.15, 0.2) is 48.5 Å². The number of benzene rings is 2. The van der Waals surface area contributed by atoms with Crippen molar-refractivity contribution < 1.29 is 19.1 Å². The fourth-order valence-electron chi connectivity index (χ4n) is 2.98. The fourth-order valence-corrected chi connectivity index (χ4v) is 2.98. The van der Waals surface area contributed by atoms with Crippen molar-refractivity contribution in [2.45, 2.75) is 12.8 Å². The van der Waals surface area contributed by atoms with Gasteiger partial charge >= 0.3 is 0 Å². The van der Waals surface area contributed by atoms with E-state index in [1.165, 1.54) is 0 Å². The molecule has 142 valence electrons. The van der Waals surface area contributed by atoms with Gasteiger partial charge in [0.2, 0.25) is 11.8 Å². The summed E-state index contributed by atoms with van der Waals surface area (Å²) in [4.78, 5) is 26.3. The Morgan fingerprint density at radius 1 is 1.04 bits per heavy atom. The van der Waals surface area contributed by atoms with Crippen LogP contribution in [0.2, 0.25) is 0 Å². The van der Waals surface area contributed by atoms with Crippen molar-refractivity contribution in [3.8, 4) is 5.75 Å². The van der Waals surface area contributed by atoms with Gasteiger partial charge in [-0.2, -0.15) is 0 Å². The third-order valence-electron chi connectivity index (χ3n) is 4.46. The normalized spacial score (nSPS) is 13.9. The fraction of sp³-hybridized carbons (Fsp3) is 0.333. The van der Waals surface area contributed by atoms with Gasteiger partial charge < -0.3 is 19.7 Å². The van der Waals surface area contributed by atoms with Crippen LogP contribution in [0.5, 0.6) is 5.75 Å². The molecule has 0 saturated carbocycles. The van der Waals surface area contributed by atoms with Crippen LogP contribution in [0.4, 0.5) is 5.69 Å². The molecule has 1 saturated heterocycles. The van der Waals surface area contributed by atoms with Crippen molar-refractivity contribution in [1.29, 1.82) is 0 Å². The molecule has 0 spiro atoms. The standard InChI is InChI=1S/C21H24N2O4/c1-26-19-4-2-3-17(13-19)14-20(24)22-18-7-5-16(6-8-18)15-21(25)23-9-11-27-12-10-23/h2-8,13H,9-12,14-15H2,1H3,(H,22,24). The largest absolute Gasteiger partial charge is 0.497 e. The molecule has 1 N–H and O–H groups in total. The van der Waals surface area contributed by atoms with E-state index in [1.54, 1.807) is 7.11 Å². The van der Waals surface area contributed by atoms with E-state index in [2.05, 4.69) is 5.32 Å². The van der Waals surface area contributed by atoms with Gasteiger partial charge in [-0.25, -0.2) is 0 Å². The first kappa shape index (κ1) is 18.9. The van der Waals surface area contributed by atoms with Crippen LogP contribution in [-0.2, 0) is 27.2 Å². The molecular formula is C21H24N2O4. The lowest BCUT2D eigenvalue weighted by Gasteiger charge is -2.26. The molecule has 2 aromatic carbocycles. The molecule has 3 rings (SSSR count). The summed E-state index contributed by atoms with van der Waals surface area (Å²) in [6, 6.07) is 14.8. The lowest BCUT2D eigenvalue weighted by Crippen LogP contribution is -2.41. The number of hydrogen-bond acceptors (Lipinski definition) is 4. The minimum absolute atomic E-state index is 0.0969. The van der Waals surface area contributed by atoms with E-state index in [9.17, 15) is 9.59 Å². The van der Waals surface area contributed by atoms with E-state index >= 15 is 0 Å². The second-order valence-corrected chi connectivity index (χ2v) is 6.44. The zero-order valence-electron chi connectivity index (χ0n) is 15.4. The Hall–Kier alpha value is -2.86. The Labute approximate surface area is 159 Å². The number of morpholine rings is 1. The minimum atomic E-state index is -0.0969. The summed E-state index contributed by atoms with van der Waals surface area (Å²) in [7, 11) is 1.60. The highest BCUT2D eigenvalue weighted by Gasteiger charge is 2.16. The van der Waals surface area contributed by atoms with Crippen molar-refractivity contribution in [2.24, 2.45) is 0 Å². The number of hydrogen-bond donors (Lipinski definition) is 1. The zero-order chi connectivity index (χ0) is 19.1. The van der Waals surface area contributed by atoms with Gasteiger partial charge in [-0.3, -0.25) is 9.59 Å². The molecule has 1 fully saturated rings. The van der Waals surface area contributed by atoms with Crippen LogP contribution in [0.1, 0.15) is 11.1 Å². The maximum Gasteiger partial charge on any atom is 0.228 e. The highest BCUT2D eigenvalue weighted by atomic mass is 16.5. The molecule has 0 aliphatic carbocycles. The van der Waals surface area contributed by atoms with E-state index < -0.39 is 0 Å². The highest BCUT2D eigenvalue weighted by Crippen LogP contribution is 2.15. The molecular weight excluding hydrogens is 344 g/mol. The number of amides is 2. The van der Waals surface area contributed by atoms with Gasteiger partial charge in [0.1, 0.15) is 5.75 Å². The van der Waals surface area contributed by atoms with Crippen molar-refractivity contribution in [2.75, 3.05) is 38.7 Å². The molecule has 0 radical (unpaired) electrons. The number of methoxy groups -OCH3 is 1. The molecule has 27 heavy (non-hydrogen) atoms. The SMILES string of the molecule is COc1cccc(CC(=O)Nc2ccc(CC(=O)N3CCOCC3)cc2)c1. The molecule has 2 aromatic rings. The van der Waals surface area contributed by atoms with E-state index in [0.29, 0.717) is 38.4 Å². The average molecular weight is 368 g/mol. The smallest absolute Gasteiger partial charge is 0.228 e. The third kappa shape index (κ3) is 5.56. The summed E-state index contributed by atoms with van der Waals surface area (Å²) in [5, 5.41) is 2.88. The van der Waals surface area contributed by atoms with Gasteiger partial charge in [-0.15, -0.1) is 0 Å². The van der Waals surface area contributed by atoms with Crippen molar-refractivity contribution in [3.05, 3.63) is 59.7 Å². The summed E-state index contributed by atoms with van der Waals surface area (Å²) in [6.45, 7) is 2.50. The van der Waals surface area contributed by atoms with E-state index in [4.69, 9.17) is 9.47 Å².